The standard InChI is InChI=1S/C21H27N3O2/c1-15-9-10-19-17(11-15)12-24(18(14-26-19)13-23(2)3)21(25)20(22)16-7-5-4-6-8-16/h4-11,18,20H,12-14,22H2,1-3H3/t18-,20+/m0/s1. The maximum Gasteiger partial charge on any atom is 0.244 e. The summed E-state index contributed by atoms with van der Waals surface area (Å²) in [6.45, 7) is 3.74. The van der Waals surface area contributed by atoms with Crippen molar-refractivity contribution in [2.24, 2.45) is 5.73 Å². The lowest BCUT2D eigenvalue weighted by molar-refractivity contribution is -0.136. The van der Waals surface area contributed by atoms with Gasteiger partial charge < -0.3 is 20.3 Å². The Hall–Kier alpha value is -2.37. The monoisotopic (exact) mass is 353 g/mol. The van der Waals surface area contributed by atoms with Crippen molar-refractivity contribution >= 4 is 5.91 Å². The van der Waals surface area contributed by atoms with Crippen LogP contribution in [0.25, 0.3) is 0 Å². The SMILES string of the molecule is Cc1ccc2c(c1)CN(C(=O)[C@H](N)c1ccccc1)[C@@H](CN(C)C)CO2. The second-order valence-corrected chi connectivity index (χ2v) is 7.19. The molecule has 0 aliphatic carbocycles. The van der Waals surface area contributed by atoms with Crippen molar-refractivity contribution in [1.82, 2.24) is 9.80 Å². The van der Waals surface area contributed by atoms with Crippen LogP contribution in [0, 0.1) is 6.92 Å². The van der Waals surface area contributed by atoms with Crippen molar-refractivity contribution < 1.29 is 9.53 Å². The number of carbonyl (C=O) groups is 1. The van der Waals surface area contributed by atoms with Crippen LogP contribution in [-0.4, -0.2) is 49.0 Å². The molecule has 0 saturated heterocycles. The summed E-state index contributed by atoms with van der Waals surface area (Å²) >= 11 is 0. The molecule has 0 saturated carbocycles. The van der Waals surface area contributed by atoms with Gasteiger partial charge in [-0.2, -0.15) is 0 Å². The van der Waals surface area contributed by atoms with Gasteiger partial charge in [-0.3, -0.25) is 4.79 Å². The van der Waals surface area contributed by atoms with Gasteiger partial charge in [0.1, 0.15) is 18.4 Å². The molecule has 26 heavy (non-hydrogen) atoms. The second-order valence-electron chi connectivity index (χ2n) is 7.19. The molecule has 2 aromatic rings. The molecular weight excluding hydrogens is 326 g/mol. The van der Waals surface area contributed by atoms with Gasteiger partial charge in [-0.25, -0.2) is 0 Å². The summed E-state index contributed by atoms with van der Waals surface area (Å²) in [6.07, 6.45) is 0. The molecule has 2 aromatic carbocycles. The van der Waals surface area contributed by atoms with Gasteiger partial charge in [0.2, 0.25) is 5.91 Å². The number of nitrogens with zero attached hydrogens (tertiary/aromatic N) is 2. The molecule has 5 nitrogen and oxygen atoms in total. The highest BCUT2D eigenvalue weighted by Crippen LogP contribution is 2.28. The molecule has 1 aliphatic heterocycles. The fourth-order valence-corrected chi connectivity index (χ4v) is 3.37. The Morgan fingerprint density at radius 3 is 2.69 bits per heavy atom. The zero-order chi connectivity index (χ0) is 18.7. The highest BCUT2D eigenvalue weighted by Gasteiger charge is 2.32. The molecule has 0 spiro atoms. The highest BCUT2D eigenvalue weighted by atomic mass is 16.5. The number of rotatable bonds is 4. The lowest BCUT2D eigenvalue weighted by atomic mass is 10.0. The molecule has 0 unspecified atom stereocenters. The fourth-order valence-electron chi connectivity index (χ4n) is 3.37. The minimum absolute atomic E-state index is 0.0556. The molecule has 3 rings (SSSR count). The number of fused-ring (bicyclic) bond motifs is 1. The summed E-state index contributed by atoms with van der Waals surface area (Å²) in [5, 5.41) is 0. The Labute approximate surface area is 155 Å². The van der Waals surface area contributed by atoms with Gasteiger partial charge in [-0.15, -0.1) is 0 Å². The summed E-state index contributed by atoms with van der Waals surface area (Å²) in [5.41, 5.74) is 9.33. The average molecular weight is 353 g/mol. The number of aryl methyl sites for hydroxylation is 1. The number of likely N-dealkylation sites (N-methyl/N-ethyl adjacent to an activating group) is 1. The van der Waals surface area contributed by atoms with Crippen molar-refractivity contribution in [1.29, 1.82) is 0 Å². The number of carbonyl (C=O) groups excluding carboxylic acids is 1. The van der Waals surface area contributed by atoms with Crippen LogP contribution in [0.1, 0.15) is 22.7 Å². The van der Waals surface area contributed by atoms with E-state index in [0.717, 1.165) is 29.0 Å². The minimum Gasteiger partial charge on any atom is -0.491 e. The Morgan fingerprint density at radius 1 is 1.27 bits per heavy atom. The fraction of sp³-hybridized carbons (Fsp3) is 0.381. The molecule has 1 heterocycles. The third-order valence-electron chi connectivity index (χ3n) is 4.71. The van der Waals surface area contributed by atoms with Gasteiger partial charge in [-0.05, 0) is 32.6 Å². The van der Waals surface area contributed by atoms with Crippen LogP contribution in [0.2, 0.25) is 0 Å². The Balaban J connectivity index is 1.91. The Morgan fingerprint density at radius 2 is 2.00 bits per heavy atom. The zero-order valence-electron chi connectivity index (χ0n) is 15.7. The predicted molar refractivity (Wildman–Crippen MR) is 103 cm³/mol. The van der Waals surface area contributed by atoms with Crippen LogP contribution in [0.5, 0.6) is 5.75 Å². The summed E-state index contributed by atoms with van der Waals surface area (Å²) in [4.78, 5) is 17.2. The molecule has 0 aromatic heterocycles. The number of amides is 1. The van der Waals surface area contributed by atoms with Gasteiger partial charge in [0, 0.05) is 18.7 Å². The molecule has 0 bridgehead atoms. The second kappa shape index (κ2) is 7.89. The largest absolute Gasteiger partial charge is 0.491 e. The first kappa shape index (κ1) is 18.4. The number of benzene rings is 2. The van der Waals surface area contributed by atoms with Crippen molar-refractivity contribution in [2.75, 3.05) is 27.2 Å². The number of nitrogens with two attached hydrogens (primary N) is 1. The van der Waals surface area contributed by atoms with E-state index in [9.17, 15) is 4.79 Å². The first-order valence-corrected chi connectivity index (χ1v) is 8.94. The molecule has 2 N–H and O–H groups in total. The normalized spacial score (nSPS) is 18.0. The zero-order valence-corrected chi connectivity index (χ0v) is 15.7. The van der Waals surface area contributed by atoms with E-state index in [0.29, 0.717) is 13.2 Å². The molecule has 1 aliphatic rings. The average Bonchev–Trinajstić information content (AvgIpc) is 2.80. The third-order valence-corrected chi connectivity index (χ3v) is 4.71. The quantitative estimate of drug-likeness (QED) is 0.917. The molecule has 0 radical (unpaired) electrons. The van der Waals surface area contributed by atoms with Gasteiger partial charge in [-0.1, -0.05) is 48.0 Å². The van der Waals surface area contributed by atoms with E-state index >= 15 is 0 Å². The lowest BCUT2D eigenvalue weighted by Gasteiger charge is -2.33. The van der Waals surface area contributed by atoms with Crippen molar-refractivity contribution in [3.05, 3.63) is 65.2 Å². The smallest absolute Gasteiger partial charge is 0.244 e. The summed E-state index contributed by atoms with van der Waals surface area (Å²) in [7, 11) is 4.00. The van der Waals surface area contributed by atoms with E-state index in [1.807, 2.05) is 68.4 Å². The first-order chi connectivity index (χ1) is 12.5. The third kappa shape index (κ3) is 4.06. The number of hydrogen-bond donors (Lipinski definition) is 1. The minimum atomic E-state index is -0.674. The summed E-state index contributed by atoms with van der Waals surface area (Å²) in [5.74, 6) is 0.781. The van der Waals surface area contributed by atoms with Crippen LogP contribution < -0.4 is 10.5 Å². The molecule has 0 fully saturated rings. The lowest BCUT2D eigenvalue weighted by Crippen LogP contribution is -2.50. The number of ether oxygens (including phenoxy) is 1. The first-order valence-electron chi connectivity index (χ1n) is 8.94. The van der Waals surface area contributed by atoms with Gasteiger partial charge in [0.15, 0.2) is 0 Å². The van der Waals surface area contributed by atoms with E-state index < -0.39 is 6.04 Å². The Bertz CT molecular complexity index is 761. The van der Waals surface area contributed by atoms with Crippen molar-refractivity contribution in [2.45, 2.75) is 25.6 Å². The predicted octanol–water partition coefficient (Wildman–Crippen LogP) is 2.35. The van der Waals surface area contributed by atoms with Crippen LogP contribution in [0.3, 0.4) is 0 Å². The maximum absolute atomic E-state index is 13.3. The van der Waals surface area contributed by atoms with E-state index in [2.05, 4.69) is 11.0 Å². The van der Waals surface area contributed by atoms with Gasteiger partial charge in [0.25, 0.3) is 0 Å². The van der Waals surface area contributed by atoms with Crippen molar-refractivity contribution in [3.8, 4) is 5.75 Å². The van der Waals surface area contributed by atoms with Crippen LogP contribution in [-0.2, 0) is 11.3 Å². The van der Waals surface area contributed by atoms with Crippen LogP contribution in [0.15, 0.2) is 48.5 Å². The molecule has 2 atom stereocenters. The van der Waals surface area contributed by atoms with E-state index in [4.69, 9.17) is 10.5 Å². The van der Waals surface area contributed by atoms with Gasteiger partial charge >= 0.3 is 0 Å². The number of hydrogen-bond acceptors (Lipinski definition) is 4. The van der Waals surface area contributed by atoms with Crippen LogP contribution >= 0.6 is 0 Å². The topological polar surface area (TPSA) is 58.8 Å². The molecule has 138 valence electrons. The summed E-state index contributed by atoms with van der Waals surface area (Å²) < 4.78 is 6.02. The molecule has 1 amide bonds. The van der Waals surface area contributed by atoms with E-state index in [1.54, 1.807) is 0 Å². The van der Waals surface area contributed by atoms with Crippen LogP contribution in [0.4, 0.5) is 0 Å². The molecule has 5 heteroatoms. The Kier molecular flexibility index (Phi) is 5.59. The maximum atomic E-state index is 13.3. The van der Waals surface area contributed by atoms with E-state index in [1.165, 1.54) is 0 Å². The highest BCUT2D eigenvalue weighted by molar-refractivity contribution is 5.83. The van der Waals surface area contributed by atoms with E-state index in [-0.39, 0.29) is 11.9 Å². The summed E-state index contributed by atoms with van der Waals surface area (Å²) in [6, 6.07) is 14.9. The van der Waals surface area contributed by atoms with Crippen molar-refractivity contribution in [3.63, 3.8) is 0 Å². The molecular formula is C21H27N3O2. The van der Waals surface area contributed by atoms with Gasteiger partial charge in [0.05, 0.1) is 6.04 Å².